The van der Waals surface area contributed by atoms with Gasteiger partial charge in [0.15, 0.2) is 0 Å². The van der Waals surface area contributed by atoms with Crippen LogP contribution in [-0.4, -0.2) is 41.1 Å². The number of morpholine rings is 1. The number of aromatic nitrogens is 3. The Morgan fingerprint density at radius 2 is 1.77 bits per heavy atom. The first-order valence-electron chi connectivity index (χ1n) is 8.99. The van der Waals surface area contributed by atoms with Gasteiger partial charge >= 0.3 is 0 Å². The van der Waals surface area contributed by atoms with Crippen LogP contribution in [0.1, 0.15) is 20.8 Å². The molecule has 0 saturated carbocycles. The summed E-state index contributed by atoms with van der Waals surface area (Å²) in [5, 5.41) is 5.44. The summed E-state index contributed by atoms with van der Waals surface area (Å²) in [5.41, 5.74) is 3.39. The fourth-order valence-corrected chi connectivity index (χ4v) is 3.44. The summed E-state index contributed by atoms with van der Waals surface area (Å²) in [7, 11) is 0. The molecular weight excluding hydrogens is 328 g/mol. The molecular formula is C20H24N4O2. The van der Waals surface area contributed by atoms with Gasteiger partial charge in [0, 0.05) is 30.5 Å². The zero-order chi connectivity index (χ0) is 18.3. The highest BCUT2D eigenvalue weighted by atomic mass is 16.5. The summed E-state index contributed by atoms with van der Waals surface area (Å²) in [6.45, 7) is 9.60. The average molecular weight is 352 g/mol. The number of fused-ring (bicyclic) bond motifs is 1. The van der Waals surface area contributed by atoms with Crippen LogP contribution < -0.4 is 10.5 Å². The number of rotatable bonds is 2. The molecule has 6 heteroatoms. The maximum atomic E-state index is 12.5. The first-order valence-corrected chi connectivity index (χ1v) is 8.99. The van der Waals surface area contributed by atoms with E-state index in [1.165, 1.54) is 5.69 Å². The number of nitrogens with one attached hydrogen (secondary N) is 1. The van der Waals surface area contributed by atoms with E-state index in [0.717, 1.165) is 43.1 Å². The lowest BCUT2D eigenvalue weighted by atomic mass is 10.1. The van der Waals surface area contributed by atoms with Gasteiger partial charge in [-0.25, -0.2) is 0 Å². The molecule has 0 radical (unpaired) electrons. The van der Waals surface area contributed by atoms with Crippen molar-refractivity contribution in [1.82, 2.24) is 14.8 Å². The number of nitrogens with zero attached hydrogens (tertiary/aromatic N) is 3. The van der Waals surface area contributed by atoms with Crippen LogP contribution in [0.3, 0.4) is 0 Å². The zero-order valence-electron chi connectivity index (χ0n) is 15.5. The highest BCUT2D eigenvalue weighted by molar-refractivity contribution is 5.92. The van der Waals surface area contributed by atoms with Gasteiger partial charge in [0.2, 0.25) is 0 Å². The van der Waals surface area contributed by atoms with Crippen molar-refractivity contribution in [3.63, 3.8) is 0 Å². The minimum absolute atomic E-state index is 0.106. The fourth-order valence-electron chi connectivity index (χ4n) is 3.44. The molecule has 0 spiro atoms. The first kappa shape index (κ1) is 16.8. The monoisotopic (exact) mass is 352 g/mol. The van der Waals surface area contributed by atoms with E-state index in [0.29, 0.717) is 5.39 Å². The molecule has 0 atom stereocenters. The largest absolute Gasteiger partial charge is 0.378 e. The SMILES string of the molecule is CC(C)(C)n1nc(-c2ccc(N3CCOCC3)cc2)c2c(=O)[nH]ccc21. The second kappa shape index (κ2) is 6.29. The summed E-state index contributed by atoms with van der Waals surface area (Å²) in [6.07, 6.45) is 1.68. The van der Waals surface area contributed by atoms with E-state index in [2.05, 4.69) is 42.8 Å². The molecule has 0 amide bonds. The lowest BCUT2D eigenvalue weighted by Crippen LogP contribution is -2.36. The molecule has 6 nitrogen and oxygen atoms in total. The Balaban J connectivity index is 1.80. The number of hydrogen-bond acceptors (Lipinski definition) is 4. The van der Waals surface area contributed by atoms with Crippen LogP contribution in [0, 0.1) is 0 Å². The smallest absolute Gasteiger partial charge is 0.259 e. The molecule has 1 aromatic carbocycles. The van der Waals surface area contributed by atoms with Gasteiger partial charge in [0.25, 0.3) is 5.56 Å². The van der Waals surface area contributed by atoms with Gasteiger partial charge < -0.3 is 14.6 Å². The van der Waals surface area contributed by atoms with Gasteiger partial charge in [-0.2, -0.15) is 5.10 Å². The van der Waals surface area contributed by atoms with E-state index in [4.69, 9.17) is 9.84 Å². The number of anilines is 1. The van der Waals surface area contributed by atoms with E-state index in [-0.39, 0.29) is 11.1 Å². The second-order valence-electron chi connectivity index (χ2n) is 7.64. The second-order valence-corrected chi connectivity index (χ2v) is 7.64. The lowest BCUT2D eigenvalue weighted by Gasteiger charge is -2.28. The average Bonchev–Trinajstić information content (AvgIpc) is 3.04. The third kappa shape index (κ3) is 2.90. The van der Waals surface area contributed by atoms with E-state index < -0.39 is 0 Å². The topological polar surface area (TPSA) is 63.1 Å². The van der Waals surface area contributed by atoms with Gasteiger partial charge in [-0.1, -0.05) is 12.1 Å². The summed E-state index contributed by atoms with van der Waals surface area (Å²) in [5.74, 6) is 0. The van der Waals surface area contributed by atoms with Gasteiger partial charge in [0.05, 0.1) is 29.7 Å². The van der Waals surface area contributed by atoms with Crippen LogP contribution in [0.5, 0.6) is 0 Å². The van der Waals surface area contributed by atoms with Crippen LogP contribution in [0.15, 0.2) is 41.3 Å². The Morgan fingerprint density at radius 1 is 1.08 bits per heavy atom. The summed E-state index contributed by atoms with van der Waals surface area (Å²) in [6, 6.07) is 10.2. The minimum atomic E-state index is -0.210. The van der Waals surface area contributed by atoms with Crippen molar-refractivity contribution in [3.05, 3.63) is 46.9 Å². The molecule has 0 bridgehead atoms. The summed E-state index contributed by atoms with van der Waals surface area (Å²) < 4.78 is 7.35. The fraction of sp³-hybridized carbons (Fsp3) is 0.400. The number of H-pyrrole nitrogens is 1. The van der Waals surface area contributed by atoms with Crippen molar-refractivity contribution >= 4 is 16.6 Å². The van der Waals surface area contributed by atoms with Crippen LogP contribution in [0.2, 0.25) is 0 Å². The Morgan fingerprint density at radius 3 is 2.42 bits per heavy atom. The quantitative estimate of drug-likeness (QED) is 0.770. The highest BCUT2D eigenvalue weighted by Crippen LogP contribution is 2.30. The van der Waals surface area contributed by atoms with Crippen molar-refractivity contribution in [2.75, 3.05) is 31.2 Å². The maximum absolute atomic E-state index is 12.5. The number of aromatic amines is 1. The van der Waals surface area contributed by atoms with E-state index >= 15 is 0 Å². The molecule has 1 N–H and O–H groups in total. The van der Waals surface area contributed by atoms with Gasteiger partial charge in [-0.3, -0.25) is 9.48 Å². The molecule has 136 valence electrons. The molecule has 0 aliphatic carbocycles. The van der Waals surface area contributed by atoms with E-state index in [1.807, 2.05) is 22.9 Å². The molecule has 3 aromatic rings. The molecule has 1 aliphatic rings. The van der Waals surface area contributed by atoms with Crippen LogP contribution in [-0.2, 0) is 10.3 Å². The zero-order valence-corrected chi connectivity index (χ0v) is 15.5. The number of hydrogen-bond donors (Lipinski definition) is 1. The molecule has 0 unspecified atom stereocenters. The molecule has 1 saturated heterocycles. The number of pyridine rings is 1. The highest BCUT2D eigenvalue weighted by Gasteiger charge is 2.22. The molecule has 3 heterocycles. The van der Waals surface area contributed by atoms with Crippen molar-refractivity contribution in [1.29, 1.82) is 0 Å². The predicted molar refractivity (Wildman–Crippen MR) is 104 cm³/mol. The Labute approximate surface area is 152 Å². The Hall–Kier alpha value is -2.60. The third-order valence-corrected chi connectivity index (χ3v) is 4.76. The van der Waals surface area contributed by atoms with Crippen molar-refractivity contribution in [2.45, 2.75) is 26.3 Å². The summed E-state index contributed by atoms with van der Waals surface area (Å²) >= 11 is 0. The third-order valence-electron chi connectivity index (χ3n) is 4.76. The van der Waals surface area contributed by atoms with Crippen LogP contribution in [0.25, 0.3) is 22.2 Å². The number of ether oxygens (including phenoxy) is 1. The van der Waals surface area contributed by atoms with E-state index in [1.54, 1.807) is 6.20 Å². The van der Waals surface area contributed by atoms with Crippen molar-refractivity contribution in [3.8, 4) is 11.3 Å². The van der Waals surface area contributed by atoms with E-state index in [9.17, 15) is 4.79 Å². The molecule has 26 heavy (non-hydrogen) atoms. The Bertz CT molecular complexity index is 974. The van der Waals surface area contributed by atoms with Gasteiger partial charge in [-0.15, -0.1) is 0 Å². The van der Waals surface area contributed by atoms with Crippen molar-refractivity contribution in [2.24, 2.45) is 0 Å². The van der Waals surface area contributed by atoms with Crippen LogP contribution >= 0.6 is 0 Å². The molecule has 1 fully saturated rings. The Kier molecular flexibility index (Phi) is 4.07. The lowest BCUT2D eigenvalue weighted by molar-refractivity contribution is 0.122. The first-order chi connectivity index (χ1) is 12.4. The summed E-state index contributed by atoms with van der Waals surface area (Å²) in [4.78, 5) is 17.6. The molecule has 2 aromatic heterocycles. The normalized spacial score (nSPS) is 15.6. The van der Waals surface area contributed by atoms with Crippen molar-refractivity contribution < 1.29 is 4.74 Å². The van der Waals surface area contributed by atoms with Gasteiger partial charge in [-0.05, 0) is 39.0 Å². The molecule has 4 rings (SSSR count). The maximum Gasteiger partial charge on any atom is 0.259 e. The predicted octanol–water partition coefficient (Wildman–Crippen LogP) is 2.98. The number of benzene rings is 1. The van der Waals surface area contributed by atoms with Gasteiger partial charge in [0.1, 0.15) is 5.69 Å². The molecule has 1 aliphatic heterocycles. The minimum Gasteiger partial charge on any atom is -0.378 e. The standard InChI is InChI=1S/C20H24N4O2/c1-20(2,3)24-16-8-9-21-19(25)17(16)18(22-24)14-4-6-15(7-5-14)23-10-12-26-13-11-23/h4-9H,10-13H2,1-3H3,(H,21,25). The van der Waals surface area contributed by atoms with Crippen LogP contribution in [0.4, 0.5) is 5.69 Å².